The highest BCUT2D eigenvalue weighted by molar-refractivity contribution is 7.11. The first kappa shape index (κ1) is 11.3. The lowest BCUT2D eigenvalue weighted by Crippen LogP contribution is -2.12. The summed E-state index contributed by atoms with van der Waals surface area (Å²) in [6.07, 6.45) is 1.83. The molecule has 5 heteroatoms. The molecule has 2 aromatic heterocycles. The molecule has 0 atom stereocenters. The molecule has 4 nitrogen and oxygen atoms in total. The van der Waals surface area contributed by atoms with Gasteiger partial charge in [-0.1, -0.05) is 0 Å². The van der Waals surface area contributed by atoms with E-state index in [1.54, 1.807) is 11.3 Å². The first-order valence-electron chi connectivity index (χ1n) is 5.29. The van der Waals surface area contributed by atoms with E-state index in [-0.39, 0.29) is 0 Å². The highest BCUT2D eigenvalue weighted by Gasteiger charge is 2.07. The van der Waals surface area contributed by atoms with Gasteiger partial charge in [0.2, 0.25) is 0 Å². The van der Waals surface area contributed by atoms with E-state index in [1.807, 2.05) is 30.9 Å². The molecule has 2 rings (SSSR count). The largest absolute Gasteiger partial charge is 0.314 e. The zero-order valence-electron chi connectivity index (χ0n) is 9.82. The lowest BCUT2D eigenvalue weighted by atomic mass is 10.4. The van der Waals surface area contributed by atoms with Crippen LogP contribution < -0.4 is 5.32 Å². The van der Waals surface area contributed by atoms with Crippen LogP contribution in [0.25, 0.3) is 0 Å². The average molecular weight is 236 g/mol. The molecule has 0 radical (unpaired) electrons. The summed E-state index contributed by atoms with van der Waals surface area (Å²) >= 11 is 1.75. The Labute approximate surface area is 99.3 Å². The Morgan fingerprint density at radius 2 is 2.25 bits per heavy atom. The van der Waals surface area contributed by atoms with Crippen LogP contribution in [0.15, 0.2) is 12.3 Å². The second-order valence-electron chi connectivity index (χ2n) is 3.76. The number of hydrogen-bond donors (Lipinski definition) is 1. The van der Waals surface area contributed by atoms with Gasteiger partial charge in [-0.25, -0.2) is 4.98 Å². The van der Waals surface area contributed by atoms with Gasteiger partial charge in [0, 0.05) is 17.6 Å². The molecule has 16 heavy (non-hydrogen) atoms. The minimum Gasteiger partial charge on any atom is -0.314 e. The molecular weight excluding hydrogens is 220 g/mol. The molecule has 0 aliphatic carbocycles. The highest BCUT2D eigenvalue weighted by Crippen LogP contribution is 2.17. The van der Waals surface area contributed by atoms with Crippen molar-refractivity contribution < 1.29 is 0 Å². The van der Waals surface area contributed by atoms with Crippen LogP contribution >= 0.6 is 11.3 Å². The summed E-state index contributed by atoms with van der Waals surface area (Å²) in [6, 6.07) is 2.03. The zero-order chi connectivity index (χ0) is 11.5. The van der Waals surface area contributed by atoms with Gasteiger partial charge < -0.3 is 5.32 Å². The second kappa shape index (κ2) is 4.76. The van der Waals surface area contributed by atoms with Crippen LogP contribution in [0.2, 0.25) is 0 Å². The fourth-order valence-corrected chi connectivity index (χ4v) is 2.48. The Balaban J connectivity index is 2.16. The van der Waals surface area contributed by atoms with Crippen LogP contribution in [0.1, 0.15) is 21.3 Å². The van der Waals surface area contributed by atoms with Gasteiger partial charge in [0.05, 0.1) is 17.9 Å². The minimum atomic E-state index is 0.767. The van der Waals surface area contributed by atoms with Crippen molar-refractivity contribution in [1.82, 2.24) is 20.1 Å². The third-order valence-electron chi connectivity index (χ3n) is 2.52. The van der Waals surface area contributed by atoms with Gasteiger partial charge in [-0.2, -0.15) is 5.10 Å². The highest BCUT2D eigenvalue weighted by atomic mass is 32.1. The maximum absolute atomic E-state index is 4.52. The summed E-state index contributed by atoms with van der Waals surface area (Å²) in [5, 5.41) is 8.57. The van der Waals surface area contributed by atoms with Crippen LogP contribution in [-0.2, 0) is 13.1 Å². The summed E-state index contributed by atoms with van der Waals surface area (Å²) in [6.45, 7) is 5.76. The van der Waals surface area contributed by atoms with Gasteiger partial charge >= 0.3 is 0 Å². The lowest BCUT2D eigenvalue weighted by molar-refractivity contribution is 0.620. The smallest absolute Gasteiger partial charge is 0.115 e. The van der Waals surface area contributed by atoms with E-state index in [4.69, 9.17) is 0 Å². The van der Waals surface area contributed by atoms with E-state index in [9.17, 15) is 0 Å². The molecule has 0 saturated carbocycles. The van der Waals surface area contributed by atoms with Crippen LogP contribution in [-0.4, -0.2) is 21.8 Å². The average Bonchev–Trinajstić information content (AvgIpc) is 2.77. The second-order valence-corrected chi connectivity index (χ2v) is 5.05. The summed E-state index contributed by atoms with van der Waals surface area (Å²) in [4.78, 5) is 5.81. The number of aryl methyl sites for hydroxylation is 2. The number of nitrogens with one attached hydrogen (secondary N) is 1. The quantitative estimate of drug-likeness (QED) is 0.879. The lowest BCUT2D eigenvalue weighted by Gasteiger charge is -2.04. The van der Waals surface area contributed by atoms with Crippen molar-refractivity contribution in [2.45, 2.75) is 26.9 Å². The van der Waals surface area contributed by atoms with E-state index in [0.717, 1.165) is 23.8 Å². The molecule has 2 heterocycles. The molecule has 86 valence electrons. The first-order valence-corrected chi connectivity index (χ1v) is 6.10. The fourth-order valence-electron chi connectivity index (χ4n) is 1.57. The Hall–Kier alpha value is -1.20. The molecule has 0 aliphatic rings. The Bertz CT molecular complexity index is 453. The molecule has 0 amide bonds. The van der Waals surface area contributed by atoms with Crippen molar-refractivity contribution in [2.24, 2.45) is 0 Å². The summed E-state index contributed by atoms with van der Waals surface area (Å²) in [5.74, 6) is 0. The molecule has 0 aliphatic heterocycles. The van der Waals surface area contributed by atoms with E-state index in [0.29, 0.717) is 0 Å². The Morgan fingerprint density at radius 3 is 2.88 bits per heavy atom. The van der Waals surface area contributed by atoms with Crippen LogP contribution in [0.5, 0.6) is 0 Å². The van der Waals surface area contributed by atoms with E-state index < -0.39 is 0 Å². The van der Waals surface area contributed by atoms with E-state index in [1.165, 1.54) is 10.6 Å². The SMILES string of the molecule is CNCc1ccnn1Cc1nc(C)c(C)s1. The molecule has 2 aromatic rings. The maximum Gasteiger partial charge on any atom is 0.115 e. The van der Waals surface area contributed by atoms with E-state index >= 15 is 0 Å². The molecule has 0 aromatic carbocycles. The molecule has 0 unspecified atom stereocenters. The Morgan fingerprint density at radius 1 is 1.44 bits per heavy atom. The van der Waals surface area contributed by atoms with Crippen LogP contribution in [0.3, 0.4) is 0 Å². The number of thiazole rings is 1. The summed E-state index contributed by atoms with van der Waals surface area (Å²) in [5.41, 5.74) is 2.32. The van der Waals surface area contributed by atoms with Crippen LogP contribution in [0, 0.1) is 13.8 Å². The number of nitrogens with zero attached hydrogens (tertiary/aromatic N) is 3. The van der Waals surface area contributed by atoms with Crippen molar-refractivity contribution >= 4 is 11.3 Å². The van der Waals surface area contributed by atoms with Gasteiger partial charge in [-0.15, -0.1) is 11.3 Å². The molecule has 1 N–H and O–H groups in total. The third kappa shape index (κ3) is 2.31. The Kier molecular flexibility index (Phi) is 3.36. The molecule has 0 fully saturated rings. The number of hydrogen-bond acceptors (Lipinski definition) is 4. The van der Waals surface area contributed by atoms with Crippen molar-refractivity contribution in [3.63, 3.8) is 0 Å². The number of aromatic nitrogens is 3. The normalized spacial score (nSPS) is 10.9. The zero-order valence-corrected chi connectivity index (χ0v) is 10.6. The summed E-state index contributed by atoms with van der Waals surface area (Å²) in [7, 11) is 1.94. The van der Waals surface area contributed by atoms with Crippen molar-refractivity contribution in [3.05, 3.63) is 33.5 Å². The van der Waals surface area contributed by atoms with Crippen molar-refractivity contribution in [1.29, 1.82) is 0 Å². The van der Waals surface area contributed by atoms with E-state index in [2.05, 4.69) is 22.3 Å². The first-order chi connectivity index (χ1) is 7.70. The van der Waals surface area contributed by atoms with Crippen molar-refractivity contribution in [3.8, 4) is 0 Å². The monoisotopic (exact) mass is 236 g/mol. The minimum absolute atomic E-state index is 0.767. The molecular formula is C11H16N4S. The summed E-state index contributed by atoms with van der Waals surface area (Å²) < 4.78 is 1.99. The molecule has 0 spiro atoms. The van der Waals surface area contributed by atoms with Gasteiger partial charge in [-0.3, -0.25) is 4.68 Å². The van der Waals surface area contributed by atoms with Gasteiger partial charge in [-0.05, 0) is 27.0 Å². The van der Waals surface area contributed by atoms with Gasteiger partial charge in [0.25, 0.3) is 0 Å². The van der Waals surface area contributed by atoms with Gasteiger partial charge in [0.1, 0.15) is 5.01 Å². The molecule has 0 bridgehead atoms. The predicted molar refractivity (Wildman–Crippen MR) is 65.7 cm³/mol. The standard InChI is InChI=1S/C11H16N4S/c1-8-9(2)16-11(14-8)7-15-10(6-12-3)4-5-13-15/h4-5,12H,6-7H2,1-3H3. The third-order valence-corrected chi connectivity index (χ3v) is 3.58. The molecule has 0 saturated heterocycles. The van der Waals surface area contributed by atoms with Crippen LogP contribution in [0.4, 0.5) is 0 Å². The predicted octanol–water partition coefficient (Wildman–Crippen LogP) is 1.72. The number of rotatable bonds is 4. The topological polar surface area (TPSA) is 42.7 Å². The van der Waals surface area contributed by atoms with Gasteiger partial charge in [0.15, 0.2) is 0 Å². The maximum atomic E-state index is 4.52. The fraction of sp³-hybridized carbons (Fsp3) is 0.455. The van der Waals surface area contributed by atoms with Crippen molar-refractivity contribution in [2.75, 3.05) is 7.05 Å².